The minimum Gasteiger partial charge on any atom is -0.435 e. The summed E-state index contributed by atoms with van der Waals surface area (Å²) in [5.41, 5.74) is 0.356. The quantitative estimate of drug-likeness (QED) is 0.826. The van der Waals surface area contributed by atoms with Gasteiger partial charge in [0.15, 0.2) is 0 Å². The smallest absolute Gasteiger partial charge is 0.387 e. The van der Waals surface area contributed by atoms with Gasteiger partial charge < -0.3 is 9.72 Å². The van der Waals surface area contributed by atoms with Gasteiger partial charge in [-0.1, -0.05) is 0 Å². The summed E-state index contributed by atoms with van der Waals surface area (Å²) in [6.45, 7) is -2.84. The summed E-state index contributed by atoms with van der Waals surface area (Å²) < 4.78 is 28.0. The van der Waals surface area contributed by atoms with Crippen molar-refractivity contribution in [1.82, 2.24) is 4.98 Å². The van der Waals surface area contributed by atoms with Crippen LogP contribution in [0.5, 0.6) is 5.75 Å². The van der Waals surface area contributed by atoms with Crippen LogP contribution in [0.3, 0.4) is 0 Å². The Kier molecular flexibility index (Phi) is 2.37. The first-order valence-corrected chi connectivity index (χ1v) is 4.23. The van der Waals surface area contributed by atoms with Crippen molar-refractivity contribution in [1.29, 1.82) is 0 Å². The number of hydrogen-bond donors (Lipinski definition) is 1. The molecule has 5 heteroatoms. The fraction of sp³-hybridized carbons (Fsp3) is 0.100. The van der Waals surface area contributed by atoms with Crippen molar-refractivity contribution >= 4 is 10.9 Å². The largest absolute Gasteiger partial charge is 0.435 e. The molecule has 0 bridgehead atoms. The van der Waals surface area contributed by atoms with Crippen LogP contribution >= 0.6 is 0 Å². The highest BCUT2D eigenvalue weighted by atomic mass is 19.3. The number of aromatic nitrogens is 1. The summed E-state index contributed by atoms with van der Waals surface area (Å²) in [5, 5.41) is 0.646. The van der Waals surface area contributed by atoms with E-state index >= 15 is 0 Å². The summed E-state index contributed by atoms with van der Waals surface area (Å²) in [6.07, 6.45) is 0. The maximum atomic E-state index is 11.9. The van der Waals surface area contributed by atoms with E-state index in [1.54, 1.807) is 6.07 Å². The second-order valence-corrected chi connectivity index (χ2v) is 2.95. The molecule has 1 N–H and O–H groups in total. The van der Waals surface area contributed by atoms with Crippen LogP contribution < -0.4 is 10.3 Å². The number of hydrogen-bond acceptors (Lipinski definition) is 2. The van der Waals surface area contributed by atoms with E-state index in [4.69, 9.17) is 0 Å². The number of benzene rings is 1. The zero-order valence-corrected chi connectivity index (χ0v) is 7.54. The van der Waals surface area contributed by atoms with E-state index in [1.165, 1.54) is 24.3 Å². The van der Waals surface area contributed by atoms with Gasteiger partial charge in [-0.2, -0.15) is 8.78 Å². The molecule has 0 radical (unpaired) electrons. The summed E-state index contributed by atoms with van der Waals surface area (Å²) in [5.74, 6) is 0.0737. The third kappa shape index (κ3) is 2.12. The van der Waals surface area contributed by atoms with Gasteiger partial charge >= 0.3 is 6.61 Å². The molecule has 0 amide bonds. The molecule has 0 unspecified atom stereocenters. The van der Waals surface area contributed by atoms with Crippen LogP contribution in [0.4, 0.5) is 8.78 Å². The van der Waals surface area contributed by atoms with Crippen molar-refractivity contribution in [2.45, 2.75) is 6.61 Å². The number of ether oxygens (including phenoxy) is 1. The number of H-pyrrole nitrogens is 1. The van der Waals surface area contributed by atoms with E-state index in [2.05, 4.69) is 9.72 Å². The van der Waals surface area contributed by atoms with Gasteiger partial charge in [-0.3, -0.25) is 4.79 Å². The monoisotopic (exact) mass is 211 g/mol. The number of halogens is 2. The van der Waals surface area contributed by atoms with Crippen LogP contribution in [0.2, 0.25) is 0 Å². The maximum Gasteiger partial charge on any atom is 0.387 e. The van der Waals surface area contributed by atoms with Gasteiger partial charge in [0.05, 0.1) is 0 Å². The molecule has 0 atom stereocenters. The number of rotatable bonds is 2. The number of alkyl halides is 2. The zero-order chi connectivity index (χ0) is 10.8. The lowest BCUT2D eigenvalue weighted by molar-refractivity contribution is -0.0497. The minimum atomic E-state index is -2.84. The second kappa shape index (κ2) is 3.68. The predicted octanol–water partition coefficient (Wildman–Crippen LogP) is 2.13. The van der Waals surface area contributed by atoms with E-state index in [0.29, 0.717) is 10.9 Å². The van der Waals surface area contributed by atoms with Gasteiger partial charge in [0.2, 0.25) is 5.56 Å². The Morgan fingerprint density at radius 3 is 2.73 bits per heavy atom. The normalized spacial score (nSPS) is 10.9. The molecule has 0 fully saturated rings. The first kappa shape index (κ1) is 9.64. The Morgan fingerprint density at radius 2 is 2.00 bits per heavy atom. The van der Waals surface area contributed by atoms with Crippen molar-refractivity contribution in [3.8, 4) is 5.75 Å². The van der Waals surface area contributed by atoms with Gasteiger partial charge in [-0.25, -0.2) is 0 Å². The fourth-order valence-electron chi connectivity index (χ4n) is 1.31. The van der Waals surface area contributed by atoms with Crippen LogP contribution in [0, 0.1) is 0 Å². The molecule has 0 saturated carbocycles. The maximum absolute atomic E-state index is 11.9. The predicted molar refractivity (Wildman–Crippen MR) is 51.2 cm³/mol. The van der Waals surface area contributed by atoms with Crippen molar-refractivity contribution < 1.29 is 13.5 Å². The molecule has 2 aromatic rings. The number of pyridine rings is 1. The molecule has 1 heterocycles. The average Bonchev–Trinajstić information content (AvgIpc) is 2.17. The molecule has 0 aliphatic heterocycles. The minimum absolute atomic E-state index is 0.0737. The third-order valence-corrected chi connectivity index (χ3v) is 1.92. The van der Waals surface area contributed by atoms with Crippen LogP contribution in [0.25, 0.3) is 10.9 Å². The lowest BCUT2D eigenvalue weighted by Gasteiger charge is -2.04. The molecule has 1 aromatic carbocycles. The number of nitrogens with one attached hydrogen (secondary N) is 1. The Labute approximate surface area is 83.3 Å². The second-order valence-electron chi connectivity index (χ2n) is 2.95. The molecule has 15 heavy (non-hydrogen) atoms. The van der Waals surface area contributed by atoms with Crippen LogP contribution in [-0.4, -0.2) is 11.6 Å². The lowest BCUT2D eigenvalue weighted by Crippen LogP contribution is -2.04. The third-order valence-electron chi connectivity index (χ3n) is 1.92. The first-order valence-electron chi connectivity index (χ1n) is 4.23. The summed E-state index contributed by atoms with van der Waals surface area (Å²) in [7, 11) is 0. The molecular formula is C10H7F2NO2. The molecule has 0 saturated heterocycles. The lowest BCUT2D eigenvalue weighted by atomic mass is 10.2. The Balaban J connectivity index is 2.47. The van der Waals surface area contributed by atoms with Crippen molar-refractivity contribution in [3.63, 3.8) is 0 Å². The van der Waals surface area contributed by atoms with Crippen LogP contribution in [-0.2, 0) is 0 Å². The van der Waals surface area contributed by atoms with Gasteiger partial charge in [0.1, 0.15) is 5.75 Å². The Morgan fingerprint density at radius 1 is 1.20 bits per heavy atom. The molecule has 0 spiro atoms. The van der Waals surface area contributed by atoms with Crippen LogP contribution in [0.15, 0.2) is 35.1 Å². The average molecular weight is 211 g/mol. The van der Waals surface area contributed by atoms with Crippen molar-refractivity contribution in [2.24, 2.45) is 0 Å². The topological polar surface area (TPSA) is 42.1 Å². The fourth-order valence-corrected chi connectivity index (χ4v) is 1.31. The van der Waals surface area contributed by atoms with E-state index in [0.717, 1.165) is 0 Å². The van der Waals surface area contributed by atoms with Crippen molar-refractivity contribution in [2.75, 3.05) is 0 Å². The zero-order valence-electron chi connectivity index (χ0n) is 7.54. The molecule has 0 aliphatic carbocycles. The highest BCUT2D eigenvalue weighted by Gasteiger charge is 2.04. The Bertz CT molecular complexity index is 536. The highest BCUT2D eigenvalue weighted by Crippen LogP contribution is 2.19. The molecule has 78 valence electrons. The Hall–Kier alpha value is -1.91. The molecule has 3 nitrogen and oxygen atoms in total. The van der Waals surface area contributed by atoms with E-state index < -0.39 is 6.61 Å². The van der Waals surface area contributed by atoms with Crippen LogP contribution in [0.1, 0.15) is 0 Å². The standard InChI is InChI=1S/C10H7F2NO2/c11-10(12)15-7-2-3-8-6(5-7)1-4-9(14)13-8/h1-5,10H,(H,13,14). The summed E-state index contributed by atoms with van der Waals surface area (Å²) >= 11 is 0. The summed E-state index contributed by atoms with van der Waals surface area (Å²) in [6, 6.07) is 7.22. The first-order chi connectivity index (χ1) is 7.15. The van der Waals surface area contributed by atoms with Gasteiger partial charge in [-0.15, -0.1) is 0 Å². The molecule has 0 aliphatic rings. The van der Waals surface area contributed by atoms with Gasteiger partial charge in [0.25, 0.3) is 0 Å². The number of aromatic amines is 1. The molecular weight excluding hydrogens is 204 g/mol. The number of fused-ring (bicyclic) bond motifs is 1. The van der Waals surface area contributed by atoms with Gasteiger partial charge in [0, 0.05) is 17.0 Å². The van der Waals surface area contributed by atoms with E-state index in [1.807, 2.05) is 0 Å². The molecule has 2 rings (SSSR count). The van der Waals surface area contributed by atoms with E-state index in [-0.39, 0.29) is 11.3 Å². The SMILES string of the molecule is O=c1ccc2cc(OC(F)F)ccc2[nH]1. The van der Waals surface area contributed by atoms with Gasteiger partial charge in [-0.05, 0) is 24.3 Å². The van der Waals surface area contributed by atoms with E-state index in [9.17, 15) is 13.6 Å². The highest BCUT2D eigenvalue weighted by molar-refractivity contribution is 5.79. The van der Waals surface area contributed by atoms with Crippen molar-refractivity contribution in [3.05, 3.63) is 40.7 Å². The summed E-state index contributed by atoms with van der Waals surface area (Å²) in [4.78, 5) is 13.5. The molecule has 1 aromatic heterocycles.